The van der Waals surface area contributed by atoms with Gasteiger partial charge in [0, 0.05) is 23.3 Å². The van der Waals surface area contributed by atoms with E-state index in [9.17, 15) is 0 Å². The molecule has 0 atom stereocenters. The molecule has 3 rings (SSSR count). The molecule has 0 aliphatic heterocycles. The van der Waals surface area contributed by atoms with Gasteiger partial charge >= 0.3 is 0 Å². The summed E-state index contributed by atoms with van der Waals surface area (Å²) in [4.78, 5) is 4.38. The summed E-state index contributed by atoms with van der Waals surface area (Å²) in [5, 5.41) is 4.93. The van der Waals surface area contributed by atoms with Crippen LogP contribution in [0.5, 0.6) is 0 Å². The number of anilines is 1. The zero-order valence-corrected chi connectivity index (χ0v) is 13.4. The van der Waals surface area contributed by atoms with Gasteiger partial charge in [-0.3, -0.25) is 4.98 Å². The van der Waals surface area contributed by atoms with Crippen LogP contribution in [-0.4, -0.2) is 11.0 Å². The highest BCUT2D eigenvalue weighted by Crippen LogP contribution is 2.38. The van der Waals surface area contributed by atoms with Gasteiger partial charge in [0.25, 0.3) is 0 Å². The molecule has 1 aromatic heterocycles. The van der Waals surface area contributed by atoms with E-state index in [4.69, 9.17) is 0 Å². The Hall–Kier alpha value is -1.57. The van der Waals surface area contributed by atoms with E-state index in [1.165, 1.54) is 36.8 Å². The molecular weight excluding hydrogens is 256 g/mol. The highest BCUT2D eigenvalue weighted by molar-refractivity contribution is 5.82. The molecule has 0 radical (unpaired) electrons. The maximum absolute atomic E-state index is 4.38. The first-order valence-corrected chi connectivity index (χ1v) is 8.14. The van der Waals surface area contributed by atoms with Crippen molar-refractivity contribution in [2.75, 3.05) is 5.32 Å². The first-order chi connectivity index (χ1) is 10.0. The minimum atomic E-state index is 0.458. The lowest BCUT2D eigenvalue weighted by Gasteiger charge is -2.37. The number of hydrogen-bond acceptors (Lipinski definition) is 2. The Morgan fingerprint density at radius 2 is 1.81 bits per heavy atom. The van der Waals surface area contributed by atoms with E-state index in [1.807, 2.05) is 12.3 Å². The van der Waals surface area contributed by atoms with Gasteiger partial charge in [-0.25, -0.2) is 0 Å². The van der Waals surface area contributed by atoms with Crippen molar-refractivity contribution in [2.24, 2.45) is 11.3 Å². The molecule has 1 N–H and O–H groups in total. The van der Waals surface area contributed by atoms with Crippen LogP contribution in [0.3, 0.4) is 0 Å². The van der Waals surface area contributed by atoms with Gasteiger partial charge in [0.05, 0.1) is 5.52 Å². The van der Waals surface area contributed by atoms with E-state index in [1.54, 1.807) is 0 Å². The Balaban J connectivity index is 1.64. The van der Waals surface area contributed by atoms with Crippen molar-refractivity contribution >= 4 is 16.6 Å². The van der Waals surface area contributed by atoms with E-state index in [0.717, 1.165) is 11.4 Å². The zero-order valence-electron chi connectivity index (χ0n) is 13.4. The summed E-state index contributed by atoms with van der Waals surface area (Å²) in [6.07, 6.45) is 7.11. The molecule has 1 heterocycles. The van der Waals surface area contributed by atoms with Gasteiger partial charge in [-0.15, -0.1) is 0 Å². The van der Waals surface area contributed by atoms with Crippen molar-refractivity contribution in [3.63, 3.8) is 0 Å². The summed E-state index contributed by atoms with van der Waals surface area (Å²) >= 11 is 0. The molecule has 1 aromatic carbocycles. The number of nitrogens with zero attached hydrogens (tertiary/aromatic N) is 1. The number of hydrogen-bond donors (Lipinski definition) is 1. The van der Waals surface area contributed by atoms with Crippen molar-refractivity contribution in [3.05, 3.63) is 36.5 Å². The summed E-state index contributed by atoms with van der Waals surface area (Å²) < 4.78 is 0. The van der Waals surface area contributed by atoms with Gasteiger partial charge in [-0.1, -0.05) is 26.8 Å². The first kappa shape index (κ1) is 14.4. The molecule has 2 heteroatoms. The molecule has 0 spiro atoms. The van der Waals surface area contributed by atoms with Gasteiger partial charge < -0.3 is 5.32 Å². The van der Waals surface area contributed by atoms with Gasteiger partial charge in [0.15, 0.2) is 0 Å². The molecule has 21 heavy (non-hydrogen) atoms. The largest absolute Gasteiger partial charge is 0.382 e. The van der Waals surface area contributed by atoms with Crippen LogP contribution in [0, 0.1) is 11.3 Å². The van der Waals surface area contributed by atoms with E-state index in [0.29, 0.717) is 11.5 Å². The number of benzene rings is 1. The maximum Gasteiger partial charge on any atom is 0.0703 e. The fourth-order valence-corrected chi connectivity index (χ4v) is 3.50. The first-order valence-electron chi connectivity index (χ1n) is 8.14. The normalized spacial score (nSPS) is 23.2. The molecule has 0 saturated heterocycles. The van der Waals surface area contributed by atoms with Crippen molar-refractivity contribution in [1.82, 2.24) is 4.98 Å². The lowest BCUT2D eigenvalue weighted by atomic mass is 9.71. The molecule has 1 aliphatic carbocycles. The third kappa shape index (κ3) is 3.37. The molecule has 2 aromatic rings. The molecule has 112 valence electrons. The lowest BCUT2D eigenvalue weighted by Crippen LogP contribution is -2.31. The van der Waals surface area contributed by atoms with Gasteiger partial charge in [-0.2, -0.15) is 0 Å². The second kappa shape index (κ2) is 5.67. The van der Waals surface area contributed by atoms with Crippen molar-refractivity contribution in [3.8, 4) is 0 Å². The number of aromatic nitrogens is 1. The van der Waals surface area contributed by atoms with Gasteiger partial charge in [0.1, 0.15) is 0 Å². The predicted molar refractivity (Wildman–Crippen MR) is 90.6 cm³/mol. The van der Waals surface area contributed by atoms with Crippen molar-refractivity contribution in [1.29, 1.82) is 0 Å². The van der Waals surface area contributed by atoms with Gasteiger partial charge in [-0.05, 0) is 61.3 Å². The number of pyridine rings is 1. The minimum absolute atomic E-state index is 0.458. The van der Waals surface area contributed by atoms with Crippen LogP contribution in [0.15, 0.2) is 36.5 Å². The highest BCUT2D eigenvalue weighted by Gasteiger charge is 2.29. The molecule has 0 unspecified atom stereocenters. The lowest BCUT2D eigenvalue weighted by molar-refractivity contribution is 0.173. The van der Waals surface area contributed by atoms with Gasteiger partial charge in [0.2, 0.25) is 0 Å². The third-order valence-electron chi connectivity index (χ3n) is 4.93. The topological polar surface area (TPSA) is 24.9 Å². The molecule has 2 nitrogen and oxygen atoms in total. The Morgan fingerprint density at radius 3 is 2.52 bits per heavy atom. The minimum Gasteiger partial charge on any atom is -0.382 e. The average molecular weight is 282 g/mol. The number of rotatable bonds is 2. The smallest absolute Gasteiger partial charge is 0.0703 e. The Bertz CT molecular complexity index is 604. The third-order valence-corrected chi connectivity index (χ3v) is 4.93. The average Bonchev–Trinajstić information content (AvgIpc) is 2.47. The molecule has 1 fully saturated rings. The highest BCUT2D eigenvalue weighted by atomic mass is 14.9. The number of fused-ring (bicyclic) bond motifs is 1. The summed E-state index contributed by atoms with van der Waals surface area (Å²) in [5.74, 6) is 0.872. The van der Waals surface area contributed by atoms with Crippen LogP contribution in [0.25, 0.3) is 10.9 Å². The van der Waals surface area contributed by atoms with Crippen molar-refractivity contribution < 1.29 is 0 Å². The second-order valence-electron chi connectivity index (χ2n) is 7.47. The van der Waals surface area contributed by atoms with Crippen LogP contribution < -0.4 is 5.32 Å². The quantitative estimate of drug-likeness (QED) is 0.813. The summed E-state index contributed by atoms with van der Waals surface area (Å²) in [6.45, 7) is 7.13. The van der Waals surface area contributed by atoms with E-state index >= 15 is 0 Å². The monoisotopic (exact) mass is 282 g/mol. The standard InChI is InChI=1S/C19H26N2/c1-19(2,3)15-6-8-16(9-7-15)21-17-10-11-18-14(13-17)5-4-12-20-18/h4-5,10-13,15-16,21H,6-9H2,1-3H3. The van der Waals surface area contributed by atoms with E-state index in [-0.39, 0.29) is 0 Å². The molecule has 1 saturated carbocycles. The SMILES string of the molecule is CC(C)(C)C1CCC(Nc2ccc3ncccc3c2)CC1. The summed E-state index contributed by atoms with van der Waals surface area (Å²) in [5.41, 5.74) is 2.76. The van der Waals surface area contributed by atoms with E-state index in [2.05, 4.69) is 55.3 Å². The Morgan fingerprint density at radius 1 is 1.05 bits per heavy atom. The van der Waals surface area contributed by atoms with Crippen LogP contribution in [0.4, 0.5) is 5.69 Å². The van der Waals surface area contributed by atoms with Crippen LogP contribution in [0.1, 0.15) is 46.5 Å². The van der Waals surface area contributed by atoms with Crippen LogP contribution in [-0.2, 0) is 0 Å². The number of nitrogens with one attached hydrogen (secondary N) is 1. The molecule has 1 aliphatic rings. The molecular formula is C19H26N2. The maximum atomic E-state index is 4.38. The second-order valence-corrected chi connectivity index (χ2v) is 7.47. The fraction of sp³-hybridized carbons (Fsp3) is 0.526. The zero-order chi connectivity index (χ0) is 14.9. The summed E-state index contributed by atoms with van der Waals surface area (Å²) in [7, 11) is 0. The van der Waals surface area contributed by atoms with Crippen LogP contribution in [0.2, 0.25) is 0 Å². The van der Waals surface area contributed by atoms with E-state index < -0.39 is 0 Å². The molecule has 0 bridgehead atoms. The Kier molecular flexibility index (Phi) is 3.88. The Labute approximate surface area is 128 Å². The van der Waals surface area contributed by atoms with Crippen LogP contribution >= 0.6 is 0 Å². The predicted octanol–water partition coefficient (Wildman–Crippen LogP) is 5.25. The molecule has 0 amide bonds. The fourth-order valence-electron chi connectivity index (χ4n) is 3.50. The summed E-state index contributed by atoms with van der Waals surface area (Å²) in [6, 6.07) is 11.2. The van der Waals surface area contributed by atoms with Crippen molar-refractivity contribution in [2.45, 2.75) is 52.5 Å².